The molecule has 0 N–H and O–H groups in total. The molecule has 1 atom stereocenters. The van der Waals surface area contributed by atoms with Crippen LogP contribution in [0.25, 0.3) is 0 Å². The Bertz CT molecular complexity index is 379. The van der Waals surface area contributed by atoms with E-state index >= 15 is 0 Å². The molecule has 4 nitrogen and oxygen atoms in total. The number of carbonyl (C=O) groups excluding carboxylic acids is 1. The van der Waals surface area contributed by atoms with Crippen LogP contribution in [-0.4, -0.2) is 61.7 Å². The van der Waals surface area contributed by atoms with Crippen LogP contribution in [0, 0.1) is 0 Å². The minimum Gasteiger partial charge on any atom is -0.391 e. The zero-order valence-corrected chi connectivity index (χ0v) is 21.9. The van der Waals surface area contributed by atoms with Crippen LogP contribution in [0.15, 0.2) is 0 Å². The van der Waals surface area contributed by atoms with E-state index in [0.29, 0.717) is 5.12 Å². The third-order valence-electron chi connectivity index (χ3n) is 5.63. The second-order valence-corrected chi connectivity index (χ2v) is 11.3. The largest absolute Gasteiger partial charge is 0.391 e. The lowest BCUT2D eigenvalue weighted by atomic mass is 10.1. The smallest absolute Gasteiger partial charge is 0.188 e. The van der Waals surface area contributed by atoms with Gasteiger partial charge >= 0.3 is 0 Å². The van der Waals surface area contributed by atoms with E-state index in [4.69, 9.17) is 4.43 Å². The van der Waals surface area contributed by atoms with Crippen molar-refractivity contribution in [2.24, 2.45) is 0 Å². The van der Waals surface area contributed by atoms with Gasteiger partial charge in [0, 0.05) is 12.2 Å². The molecule has 0 aromatic rings. The molecule has 0 aliphatic carbocycles. The summed E-state index contributed by atoms with van der Waals surface area (Å²) in [5.74, 6) is 0.641. The highest BCUT2D eigenvalue weighted by Gasteiger charge is 2.37. The third kappa shape index (κ3) is 10.8. The first-order valence-electron chi connectivity index (χ1n) is 11.7. The Morgan fingerprint density at radius 3 is 1.93 bits per heavy atom. The normalized spacial score (nSPS) is 13.5. The van der Waals surface area contributed by atoms with Crippen LogP contribution >= 0.6 is 11.8 Å². The zero-order valence-electron chi connectivity index (χ0n) is 19.9. The van der Waals surface area contributed by atoms with E-state index in [1.807, 2.05) is 0 Å². The van der Waals surface area contributed by atoms with Gasteiger partial charge in [-0.05, 0) is 58.5 Å². The van der Waals surface area contributed by atoms with E-state index in [2.05, 4.69) is 57.9 Å². The van der Waals surface area contributed by atoms with E-state index in [-0.39, 0.29) is 5.85 Å². The van der Waals surface area contributed by atoms with Crippen LogP contribution in [0.1, 0.15) is 86.5 Å². The van der Waals surface area contributed by atoms with Crippen LogP contribution in [0.5, 0.6) is 0 Å². The average Bonchev–Trinajstić information content (AvgIpc) is 2.66. The molecule has 0 aromatic heterocycles. The molecule has 0 aliphatic heterocycles. The Morgan fingerprint density at radius 1 is 0.893 bits per heavy atom. The minimum absolute atomic E-state index is 0.305. The number of hydrogen-bond acceptors (Lipinski definition) is 5. The third-order valence-corrected chi connectivity index (χ3v) is 8.72. The maximum atomic E-state index is 12.0. The van der Waals surface area contributed by atoms with Crippen molar-refractivity contribution in [1.82, 2.24) is 9.80 Å². The first-order valence-corrected chi connectivity index (χ1v) is 15.2. The van der Waals surface area contributed by atoms with Gasteiger partial charge in [0.05, 0.1) is 0 Å². The van der Waals surface area contributed by atoms with Crippen molar-refractivity contribution in [2.45, 2.75) is 105 Å². The summed E-state index contributed by atoms with van der Waals surface area (Å²) in [5.41, 5.74) is 0. The predicted octanol–water partition coefficient (Wildman–Crippen LogP) is 5.72. The van der Waals surface area contributed by atoms with Crippen molar-refractivity contribution in [2.75, 3.05) is 31.9 Å². The number of thioether (sulfide) groups is 1. The molecule has 0 heterocycles. The second-order valence-electron chi connectivity index (χ2n) is 7.73. The number of rotatable bonds is 18. The van der Waals surface area contributed by atoms with Crippen LogP contribution in [0.4, 0.5) is 0 Å². The summed E-state index contributed by atoms with van der Waals surface area (Å²) in [5, 5.41) is 0.378. The molecule has 168 valence electrons. The predicted molar refractivity (Wildman–Crippen MR) is 129 cm³/mol. The number of nitrogens with zero attached hydrogens (tertiary/aromatic N) is 2. The average molecular weight is 433 g/mol. The van der Waals surface area contributed by atoms with E-state index < -0.39 is 9.04 Å². The Kier molecular flexibility index (Phi) is 16.9. The van der Waals surface area contributed by atoms with Gasteiger partial charge in [0.25, 0.3) is 0 Å². The second kappa shape index (κ2) is 16.9. The SMILES string of the molecule is CCCCCCCC(=O)SCCC[SiH](C)OC(C)(N(CC)CC)N(CC)CC. The number of hydrogen-bond donors (Lipinski definition) is 0. The lowest BCUT2D eigenvalue weighted by Gasteiger charge is -2.48. The first kappa shape index (κ1) is 28.1. The fourth-order valence-electron chi connectivity index (χ4n) is 3.91. The maximum Gasteiger partial charge on any atom is 0.188 e. The highest BCUT2D eigenvalue weighted by molar-refractivity contribution is 8.13. The highest BCUT2D eigenvalue weighted by Crippen LogP contribution is 2.24. The maximum absolute atomic E-state index is 12.0. The molecule has 0 spiro atoms. The van der Waals surface area contributed by atoms with E-state index in [1.165, 1.54) is 37.4 Å². The standard InChI is InChI=1S/C22H48N2O2SSi/c1-8-13-14-15-16-18-21(25)27-19-17-20-28(7)26-22(6,23(9-2)10-3)24(11-4)12-5/h28H,8-20H2,1-7H3. The van der Waals surface area contributed by atoms with Gasteiger partial charge in [-0.3, -0.25) is 14.6 Å². The summed E-state index contributed by atoms with van der Waals surface area (Å²) in [7, 11) is -1.30. The molecule has 0 saturated heterocycles. The van der Waals surface area contributed by atoms with Crippen molar-refractivity contribution in [3.8, 4) is 0 Å². The lowest BCUT2D eigenvalue weighted by Crippen LogP contribution is -2.61. The van der Waals surface area contributed by atoms with Gasteiger partial charge in [-0.25, -0.2) is 0 Å². The molecule has 0 amide bonds. The molecule has 28 heavy (non-hydrogen) atoms. The first-order chi connectivity index (χ1) is 13.4. The Labute approximate surface area is 181 Å². The summed E-state index contributed by atoms with van der Waals surface area (Å²) < 4.78 is 6.73. The molecule has 0 aliphatic rings. The molecule has 0 rings (SSSR count). The molecule has 1 unspecified atom stereocenters. The Morgan fingerprint density at radius 2 is 1.43 bits per heavy atom. The quantitative estimate of drug-likeness (QED) is 0.157. The molecule has 0 fully saturated rings. The van der Waals surface area contributed by atoms with Gasteiger partial charge in [-0.15, -0.1) is 0 Å². The van der Waals surface area contributed by atoms with Crippen LogP contribution < -0.4 is 0 Å². The van der Waals surface area contributed by atoms with Crippen molar-refractivity contribution >= 4 is 25.9 Å². The monoisotopic (exact) mass is 432 g/mol. The van der Waals surface area contributed by atoms with Crippen molar-refractivity contribution in [3.05, 3.63) is 0 Å². The van der Waals surface area contributed by atoms with E-state index in [9.17, 15) is 4.79 Å². The number of carbonyl (C=O) groups is 1. The molecule has 0 saturated carbocycles. The van der Waals surface area contributed by atoms with Crippen molar-refractivity contribution in [1.29, 1.82) is 0 Å². The molecule has 0 radical (unpaired) electrons. The topological polar surface area (TPSA) is 32.8 Å². The van der Waals surface area contributed by atoms with Gasteiger partial charge in [0.2, 0.25) is 0 Å². The van der Waals surface area contributed by atoms with Gasteiger partial charge in [-0.1, -0.05) is 72.1 Å². The van der Waals surface area contributed by atoms with Gasteiger partial charge in [0.15, 0.2) is 20.0 Å². The van der Waals surface area contributed by atoms with Crippen LogP contribution in [0.2, 0.25) is 12.6 Å². The Hall–Kier alpha value is 0.117. The van der Waals surface area contributed by atoms with E-state index in [0.717, 1.165) is 57.2 Å². The highest BCUT2D eigenvalue weighted by atomic mass is 32.2. The van der Waals surface area contributed by atoms with Crippen molar-refractivity contribution < 1.29 is 9.22 Å². The lowest BCUT2D eigenvalue weighted by molar-refractivity contribution is -0.181. The van der Waals surface area contributed by atoms with Gasteiger partial charge < -0.3 is 4.43 Å². The molecular formula is C22H48N2O2SSi. The fraction of sp³-hybridized carbons (Fsp3) is 0.955. The summed E-state index contributed by atoms with van der Waals surface area (Å²) >= 11 is 1.54. The zero-order chi connectivity index (χ0) is 21.4. The minimum atomic E-state index is -1.30. The molecule has 6 heteroatoms. The molecule has 0 aromatic carbocycles. The van der Waals surface area contributed by atoms with Crippen LogP contribution in [0.3, 0.4) is 0 Å². The van der Waals surface area contributed by atoms with Crippen LogP contribution in [-0.2, 0) is 9.22 Å². The fourth-order valence-corrected chi connectivity index (χ4v) is 6.99. The Balaban J connectivity index is 4.31. The summed E-state index contributed by atoms with van der Waals surface area (Å²) in [6, 6.07) is 1.13. The van der Waals surface area contributed by atoms with Crippen molar-refractivity contribution in [3.63, 3.8) is 0 Å². The van der Waals surface area contributed by atoms with Gasteiger partial charge in [-0.2, -0.15) is 0 Å². The molecule has 0 bridgehead atoms. The summed E-state index contributed by atoms with van der Waals surface area (Å²) in [4.78, 5) is 16.9. The van der Waals surface area contributed by atoms with Gasteiger partial charge in [0.1, 0.15) is 0 Å². The number of unbranched alkanes of at least 4 members (excludes halogenated alkanes) is 4. The molecular weight excluding hydrogens is 384 g/mol. The summed E-state index contributed by atoms with van der Waals surface area (Å²) in [6.45, 7) is 19.6. The van der Waals surface area contributed by atoms with E-state index in [1.54, 1.807) is 0 Å². The summed E-state index contributed by atoms with van der Waals surface area (Å²) in [6.07, 6.45) is 7.93.